The molecule has 2 aromatic carbocycles. The monoisotopic (exact) mass is 494 g/mol. The molecule has 0 unspecified atom stereocenters. The summed E-state index contributed by atoms with van der Waals surface area (Å²) in [6, 6.07) is 18.2. The molecule has 0 bridgehead atoms. The summed E-state index contributed by atoms with van der Waals surface area (Å²) in [6.45, 7) is 6.56. The summed E-state index contributed by atoms with van der Waals surface area (Å²) in [5.74, 6) is 1.53. The highest BCUT2D eigenvalue weighted by atomic mass is 32.1. The van der Waals surface area contributed by atoms with Crippen LogP contribution in [-0.2, 0) is 11.3 Å². The highest BCUT2D eigenvalue weighted by molar-refractivity contribution is 7.71. The summed E-state index contributed by atoms with van der Waals surface area (Å²) in [7, 11) is 1.64. The van der Waals surface area contributed by atoms with E-state index in [1.54, 1.807) is 7.11 Å². The van der Waals surface area contributed by atoms with Crippen LogP contribution in [-0.4, -0.2) is 71.9 Å². The molecule has 1 aliphatic rings. The Hall–Kier alpha value is -3.17. The van der Waals surface area contributed by atoms with Crippen molar-refractivity contribution in [2.75, 3.05) is 51.3 Å². The number of H-pyrrole nitrogens is 1. The van der Waals surface area contributed by atoms with Gasteiger partial charge < -0.3 is 15.0 Å². The van der Waals surface area contributed by atoms with Crippen LogP contribution >= 0.6 is 12.2 Å². The van der Waals surface area contributed by atoms with Gasteiger partial charge in [0.15, 0.2) is 10.6 Å². The summed E-state index contributed by atoms with van der Waals surface area (Å²) < 4.78 is 7.59. The number of amides is 1. The number of anilines is 1. The number of unbranched alkanes of at least 4 members (excludes halogenated alkanes) is 1. The molecule has 0 radical (unpaired) electrons. The molecule has 1 amide bonds. The smallest absolute Gasteiger partial charge is 0.221 e. The maximum atomic E-state index is 12.4. The van der Waals surface area contributed by atoms with Crippen molar-refractivity contribution >= 4 is 23.8 Å². The SMILES string of the molecule is COc1ccc(-c2n[nH]c(=S)n2CCC(=O)NCCCCN2CCN(c3ccccc3)CC2)cc1. The molecule has 0 spiro atoms. The van der Waals surface area contributed by atoms with E-state index in [9.17, 15) is 4.79 Å². The zero-order valence-corrected chi connectivity index (χ0v) is 21.1. The Morgan fingerprint density at radius 2 is 1.77 bits per heavy atom. The number of para-hydroxylation sites is 1. The molecule has 2 heterocycles. The Kier molecular flexibility index (Phi) is 8.91. The normalized spacial score (nSPS) is 14.1. The fourth-order valence-electron chi connectivity index (χ4n) is 4.34. The van der Waals surface area contributed by atoms with Crippen molar-refractivity contribution in [2.45, 2.75) is 25.8 Å². The third kappa shape index (κ3) is 6.93. The quantitative estimate of drug-likeness (QED) is 0.312. The van der Waals surface area contributed by atoms with Gasteiger partial charge in [0.2, 0.25) is 5.91 Å². The Labute approximate surface area is 211 Å². The van der Waals surface area contributed by atoms with E-state index >= 15 is 0 Å². The van der Waals surface area contributed by atoms with Gasteiger partial charge in [-0.1, -0.05) is 18.2 Å². The van der Waals surface area contributed by atoms with Crippen LogP contribution in [0.3, 0.4) is 0 Å². The number of aromatic nitrogens is 3. The van der Waals surface area contributed by atoms with Gasteiger partial charge in [-0.3, -0.25) is 19.4 Å². The Bertz CT molecular complexity index is 1120. The van der Waals surface area contributed by atoms with E-state index in [1.165, 1.54) is 5.69 Å². The summed E-state index contributed by atoms with van der Waals surface area (Å²) >= 11 is 5.37. The molecule has 186 valence electrons. The van der Waals surface area contributed by atoms with E-state index in [2.05, 4.69) is 55.6 Å². The van der Waals surface area contributed by atoms with Gasteiger partial charge in [-0.15, -0.1) is 0 Å². The molecule has 9 heteroatoms. The first-order valence-electron chi connectivity index (χ1n) is 12.2. The first-order valence-corrected chi connectivity index (χ1v) is 12.6. The average molecular weight is 495 g/mol. The average Bonchev–Trinajstić information content (AvgIpc) is 3.28. The molecular formula is C26H34N6O2S. The van der Waals surface area contributed by atoms with Gasteiger partial charge in [0.1, 0.15) is 5.75 Å². The van der Waals surface area contributed by atoms with Crippen molar-refractivity contribution in [3.8, 4) is 17.1 Å². The maximum Gasteiger partial charge on any atom is 0.221 e. The second kappa shape index (κ2) is 12.5. The number of aromatic amines is 1. The largest absolute Gasteiger partial charge is 0.497 e. The maximum absolute atomic E-state index is 12.4. The topological polar surface area (TPSA) is 78.4 Å². The molecule has 1 aliphatic heterocycles. The minimum absolute atomic E-state index is 0.0326. The molecule has 0 saturated carbocycles. The number of piperazine rings is 1. The fourth-order valence-corrected chi connectivity index (χ4v) is 4.57. The van der Waals surface area contributed by atoms with E-state index in [-0.39, 0.29) is 5.91 Å². The minimum atomic E-state index is 0.0326. The fraction of sp³-hybridized carbons (Fsp3) is 0.423. The van der Waals surface area contributed by atoms with E-state index in [1.807, 2.05) is 28.8 Å². The zero-order chi connectivity index (χ0) is 24.5. The number of rotatable bonds is 11. The number of ether oxygens (including phenoxy) is 1. The van der Waals surface area contributed by atoms with Crippen molar-refractivity contribution in [2.24, 2.45) is 0 Å². The number of hydrogen-bond donors (Lipinski definition) is 2. The minimum Gasteiger partial charge on any atom is -0.497 e. The van der Waals surface area contributed by atoms with Crippen LogP contribution in [0, 0.1) is 4.77 Å². The van der Waals surface area contributed by atoms with Gasteiger partial charge >= 0.3 is 0 Å². The lowest BCUT2D eigenvalue weighted by molar-refractivity contribution is -0.121. The van der Waals surface area contributed by atoms with Crippen molar-refractivity contribution < 1.29 is 9.53 Å². The molecule has 2 N–H and O–H groups in total. The van der Waals surface area contributed by atoms with Crippen LogP contribution < -0.4 is 15.0 Å². The van der Waals surface area contributed by atoms with E-state index in [0.29, 0.717) is 24.3 Å². The molecular weight excluding hydrogens is 460 g/mol. The van der Waals surface area contributed by atoms with Crippen LogP contribution in [0.4, 0.5) is 5.69 Å². The molecule has 3 aromatic rings. The number of benzene rings is 2. The Morgan fingerprint density at radius 3 is 2.49 bits per heavy atom. The third-order valence-corrected chi connectivity index (χ3v) is 6.70. The van der Waals surface area contributed by atoms with Gasteiger partial charge in [0.05, 0.1) is 7.11 Å². The number of carbonyl (C=O) groups is 1. The van der Waals surface area contributed by atoms with Gasteiger partial charge in [0, 0.05) is 56.9 Å². The standard InChI is InChI=1S/C26H34N6O2S/c1-34-23-11-9-21(10-12-23)25-28-29-26(35)32(25)16-13-24(33)27-14-5-6-15-30-17-19-31(20-18-30)22-7-3-2-4-8-22/h2-4,7-12H,5-6,13-20H2,1H3,(H,27,33)(H,29,35). The second-order valence-corrected chi connectivity index (χ2v) is 9.09. The van der Waals surface area contributed by atoms with Gasteiger partial charge in [0.25, 0.3) is 0 Å². The third-order valence-electron chi connectivity index (χ3n) is 6.39. The molecule has 0 aliphatic carbocycles. The molecule has 8 nitrogen and oxygen atoms in total. The lowest BCUT2D eigenvalue weighted by Crippen LogP contribution is -2.46. The number of nitrogens with one attached hydrogen (secondary N) is 2. The Morgan fingerprint density at radius 1 is 1.03 bits per heavy atom. The van der Waals surface area contributed by atoms with Gasteiger partial charge in [-0.05, 0) is 68.0 Å². The lowest BCUT2D eigenvalue weighted by Gasteiger charge is -2.36. The van der Waals surface area contributed by atoms with E-state index in [0.717, 1.165) is 62.7 Å². The van der Waals surface area contributed by atoms with Crippen LogP contribution in [0.25, 0.3) is 11.4 Å². The molecule has 4 rings (SSSR count). The van der Waals surface area contributed by atoms with E-state index < -0.39 is 0 Å². The van der Waals surface area contributed by atoms with Gasteiger partial charge in [-0.25, -0.2) is 0 Å². The number of nitrogens with zero attached hydrogens (tertiary/aromatic N) is 4. The van der Waals surface area contributed by atoms with Crippen LogP contribution in [0.5, 0.6) is 5.75 Å². The number of carbonyl (C=O) groups excluding carboxylic acids is 1. The number of hydrogen-bond acceptors (Lipinski definition) is 6. The Balaban J connectivity index is 1.13. The predicted molar refractivity (Wildman–Crippen MR) is 141 cm³/mol. The molecule has 0 atom stereocenters. The highest BCUT2D eigenvalue weighted by Gasteiger charge is 2.16. The highest BCUT2D eigenvalue weighted by Crippen LogP contribution is 2.21. The van der Waals surface area contributed by atoms with Gasteiger partial charge in [-0.2, -0.15) is 5.10 Å². The summed E-state index contributed by atoms with van der Waals surface area (Å²) in [6.07, 6.45) is 2.42. The van der Waals surface area contributed by atoms with Crippen LogP contribution in [0.1, 0.15) is 19.3 Å². The molecule has 1 saturated heterocycles. The zero-order valence-electron chi connectivity index (χ0n) is 20.3. The van der Waals surface area contributed by atoms with E-state index in [4.69, 9.17) is 17.0 Å². The first kappa shape index (κ1) is 24.9. The molecule has 35 heavy (non-hydrogen) atoms. The summed E-state index contributed by atoms with van der Waals surface area (Å²) in [4.78, 5) is 17.4. The molecule has 1 fully saturated rings. The van der Waals surface area contributed by atoms with Crippen molar-refractivity contribution in [3.05, 3.63) is 59.4 Å². The molecule has 1 aromatic heterocycles. The second-order valence-electron chi connectivity index (χ2n) is 8.70. The van der Waals surface area contributed by atoms with Crippen molar-refractivity contribution in [3.63, 3.8) is 0 Å². The van der Waals surface area contributed by atoms with Crippen molar-refractivity contribution in [1.29, 1.82) is 0 Å². The predicted octanol–water partition coefficient (Wildman–Crippen LogP) is 3.72. The van der Waals surface area contributed by atoms with Crippen LogP contribution in [0.2, 0.25) is 0 Å². The first-order chi connectivity index (χ1) is 17.1. The number of methoxy groups -OCH3 is 1. The van der Waals surface area contributed by atoms with Crippen LogP contribution in [0.15, 0.2) is 54.6 Å². The lowest BCUT2D eigenvalue weighted by atomic mass is 10.2. The summed E-state index contributed by atoms with van der Waals surface area (Å²) in [5.41, 5.74) is 2.23. The van der Waals surface area contributed by atoms with Crippen molar-refractivity contribution in [1.82, 2.24) is 25.0 Å². The summed E-state index contributed by atoms with van der Waals surface area (Å²) in [5, 5.41) is 10.2.